The fraction of sp³-hybridized carbons (Fsp3) is 0.444. The van der Waals surface area contributed by atoms with Crippen LogP contribution in [0.15, 0.2) is 42.7 Å². The first-order valence-corrected chi connectivity index (χ1v) is 8.34. The Morgan fingerprint density at radius 2 is 2.13 bits per heavy atom. The molecule has 1 atom stereocenters. The van der Waals surface area contributed by atoms with Gasteiger partial charge in [0.05, 0.1) is 0 Å². The quantitative estimate of drug-likeness (QED) is 0.888. The summed E-state index contributed by atoms with van der Waals surface area (Å²) in [5.41, 5.74) is 2.87. The Labute approximate surface area is 137 Å². The second-order valence-corrected chi connectivity index (χ2v) is 6.00. The van der Waals surface area contributed by atoms with Crippen LogP contribution in [0, 0.1) is 0 Å². The molecule has 0 aliphatic carbocycles. The normalized spacial score (nSPS) is 15.9. The highest BCUT2D eigenvalue weighted by atomic mass is 16.2. The molecule has 3 rings (SSSR count). The van der Waals surface area contributed by atoms with Crippen molar-refractivity contribution in [3.05, 3.63) is 53.9 Å². The molecule has 1 aliphatic rings. The number of hydrogen-bond donors (Lipinski definition) is 1. The predicted octanol–water partition coefficient (Wildman–Crippen LogP) is 2.01. The van der Waals surface area contributed by atoms with Crippen molar-refractivity contribution in [1.29, 1.82) is 0 Å². The zero-order valence-corrected chi connectivity index (χ0v) is 13.6. The summed E-state index contributed by atoms with van der Waals surface area (Å²) in [6, 6.07) is 10.2. The molecule has 5 heteroatoms. The summed E-state index contributed by atoms with van der Waals surface area (Å²) < 4.78 is 1.73. The Kier molecular flexibility index (Phi) is 5.08. The van der Waals surface area contributed by atoms with Crippen molar-refractivity contribution in [3.63, 3.8) is 0 Å². The lowest BCUT2D eigenvalue weighted by molar-refractivity contribution is -0.124. The molecule has 1 amide bonds. The van der Waals surface area contributed by atoms with E-state index in [-0.39, 0.29) is 11.9 Å². The third-order valence-electron chi connectivity index (χ3n) is 4.47. The average molecular weight is 312 g/mol. The molecule has 1 aliphatic heterocycles. The molecule has 122 valence electrons. The van der Waals surface area contributed by atoms with Gasteiger partial charge in [0.1, 0.15) is 6.04 Å². The van der Waals surface area contributed by atoms with Crippen molar-refractivity contribution in [2.45, 2.75) is 32.4 Å². The van der Waals surface area contributed by atoms with Gasteiger partial charge < -0.3 is 5.32 Å². The first-order valence-electron chi connectivity index (χ1n) is 8.34. The molecule has 1 N–H and O–H groups in total. The number of hydrogen-bond acceptors (Lipinski definition) is 3. The molecule has 0 fully saturated rings. The van der Waals surface area contributed by atoms with Crippen LogP contribution in [0.25, 0.3) is 0 Å². The van der Waals surface area contributed by atoms with Crippen LogP contribution in [0.1, 0.15) is 30.5 Å². The predicted molar refractivity (Wildman–Crippen MR) is 90.0 cm³/mol. The number of carbonyl (C=O) groups excluding carboxylic acids is 1. The fourth-order valence-electron chi connectivity index (χ4n) is 3.16. The third kappa shape index (κ3) is 3.79. The second kappa shape index (κ2) is 7.42. The van der Waals surface area contributed by atoms with Gasteiger partial charge in [-0.1, -0.05) is 31.2 Å². The summed E-state index contributed by atoms with van der Waals surface area (Å²) >= 11 is 0. The Morgan fingerprint density at radius 3 is 2.87 bits per heavy atom. The molecule has 1 aromatic carbocycles. The fourth-order valence-corrected chi connectivity index (χ4v) is 3.16. The van der Waals surface area contributed by atoms with Gasteiger partial charge in [0.15, 0.2) is 0 Å². The minimum Gasteiger partial charge on any atom is -0.353 e. The number of carbonyl (C=O) groups is 1. The smallest absolute Gasteiger partial charge is 0.244 e. The molecule has 23 heavy (non-hydrogen) atoms. The minimum absolute atomic E-state index is 0.0496. The van der Waals surface area contributed by atoms with Crippen molar-refractivity contribution in [2.75, 3.05) is 19.6 Å². The summed E-state index contributed by atoms with van der Waals surface area (Å²) in [5, 5.41) is 7.23. The van der Waals surface area contributed by atoms with E-state index in [9.17, 15) is 4.79 Å². The van der Waals surface area contributed by atoms with Gasteiger partial charge in [-0.05, 0) is 30.0 Å². The molecule has 0 radical (unpaired) electrons. The van der Waals surface area contributed by atoms with Gasteiger partial charge in [-0.25, -0.2) is 0 Å². The van der Waals surface area contributed by atoms with Gasteiger partial charge in [0.2, 0.25) is 5.91 Å². The summed E-state index contributed by atoms with van der Waals surface area (Å²) in [7, 11) is 0. The summed E-state index contributed by atoms with van der Waals surface area (Å²) in [4.78, 5) is 14.7. The van der Waals surface area contributed by atoms with E-state index in [1.807, 2.05) is 19.2 Å². The van der Waals surface area contributed by atoms with E-state index in [0.29, 0.717) is 6.54 Å². The van der Waals surface area contributed by atoms with Crippen LogP contribution in [-0.4, -0.2) is 40.2 Å². The van der Waals surface area contributed by atoms with E-state index in [1.54, 1.807) is 10.9 Å². The highest BCUT2D eigenvalue weighted by Gasteiger charge is 2.19. The number of aromatic nitrogens is 2. The lowest BCUT2D eigenvalue weighted by Gasteiger charge is -2.28. The number of rotatable bonds is 6. The zero-order valence-electron chi connectivity index (χ0n) is 13.6. The Hall–Kier alpha value is -2.14. The lowest BCUT2D eigenvalue weighted by Crippen LogP contribution is -2.40. The van der Waals surface area contributed by atoms with Gasteiger partial charge in [-0.2, -0.15) is 5.10 Å². The molecule has 0 bridgehead atoms. The molecule has 1 unspecified atom stereocenters. The molecule has 2 aromatic rings. The molecule has 0 saturated carbocycles. The lowest BCUT2D eigenvalue weighted by atomic mass is 10.00. The van der Waals surface area contributed by atoms with Gasteiger partial charge in [-0.15, -0.1) is 0 Å². The van der Waals surface area contributed by atoms with E-state index in [0.717, 1.165) is 32.5 Å². The van der Waals surface area contributed by atoms with E-state index in [1.165, 1.54) is 11.1 Å². The third-order valence-corrected chi connectivity index (χ3v) is 4.47. The van der Waals surface area contributed by atoms with Crippen molar-refractivity contribution >= 4 is 5.91 Å². The number of nitrogens with zero attached hydrogens (tertiary/aromatic N) is 3. The molecule has 0 spiro atoms. The van der Waals surface area contributed by atoms with E-state index >= 15 is 0 Å². The zero-order chi connectivity index (χ0) is 16.1. The Morgan fingerprint density at radius 1 is 1.30 bits per heavy atom. The second-order valence-electron chi connectivity index (χ2n) is 6.00. The average Bonchev–Trinajstić information content (AvgIpc) is 3.09. The van der Waals surface area contributed by atoms with Crippen LogP contribution in [0.3, 0.4) is 0 Å². The number of benzene rings is 1. The number of nitrogens with one attached hydrogen (secondary N) is 1. The highest BCUT2D eigenvalue weighted by Crippen LogP contribution is 2.17. The highest BCUT2D eigenvalue weighted by molar-refractivity contribution is 5.80. The molecule has 1 aromatic heterocycles. The van der Waals surface area contributed by atoms with Crippen molar-refractivity contribution in [3.8, 4) is 0 Å². The van der Waals surface area contributed by atoms with E-state index in [4.69, 9.17) is 0 Å². The summed E-state index contributed by atoms with van der Waals surface area (Å²) in [5.74, 6) is 0.0496. The summed E-state index contributed by atoms with van der Waals surface area (Å²) in [6.07, 6.45) is 5.38. The van der Waals surface area contributed by atoms with Crippen LogP contribution in [0.5, 0.6) is 0 Å². The molecular weight excluding hydrogens is 288 g/mol. The largest absolute Gasteiger partial charge is 0.353 e. The van der Waals surface area contributed by atoms with Gasteiger partial charge >= 0.3 is 0 Å². The van der Waals surface area contributed by atoms with Crippen molar-refractivity contribution < 1.29 is 4.79 Å². The molecule has 5 nitrogen and oxygen atoms in total. The molecular formula is C18H24N4O. The van der Waals surface area contributed by atoms with Gasteiger partial charge in [-0.3, -0.25) is 14.4 Å². The first-order chi connectivity index (χ1) is 11.3. The maximum Gasteiger partial charge on any atom is 0.244 e. The SMILES string of the molecule is CCC(C(=O)NCCN1CCc2ccccc2C1)n1cccn1. The van der Waals surface area contributed by atoms with Crippen LogP contribution in [0.2, 0.25) is 0 Å². The maximum absolute atomic E-state index is 12.3. The van der Waals surface area contributed by atoms with E-state index in [2.05, 4.69) is 39.6 Å². The summed E-state index contributed by atoms with van der Waals surface area (Å²) in [6.45, 7) is 5.60. The Bertz CT molecular complexity index is 638. The molecule has 2 heterocycles. The van der Waals surface area contributed by atoms with Gasteiger partial charge in [0, 0.05) is 38.6 Å². The van der Waals surface area contributed by atoms with Crippen molar-refractivity contribution in [2.24, 2.45) is 0 Å². The van der Waals surface area contributed by atoms with Crippen LogP contribution < -0.4 is 5.32 Å². The number of amides is 1. The van der Waals surface area contributed by atoms with Crippen LogP contribution in [-0.2, 0) is 17.8 Å². The van der Waals surface area contributed by atoms with Crippen LogP contribution in [0.4, 0.5) is 0 Å². The maximum atomic E-state index is 12.3. The van der Waals surface area contributed by atoms with Crippen molar-refractivity contribution in [1.82, 2.24) is 20.0 Å². The topological polar surface area (TPSA) is 50.2 Å². The monoisotopic (exact) mass is 312 g/mol. The first kappa shape index (κ1) is 15.7. The Balaban J connectivity index is 1.47. The minimum atomic E-state index is -0.216. The standard InChI is InChI=1S/C18H24N4O/c1-2-17(22-11-5-9-20-22)18(23)19-10-13-21-12-8-15-6-3-4-7-16(15)14-21/h3-7,9,11,17H,2,8,10,12-14H2,1H3,(H,19,23). The van der Waals surface area contributed by atoms with E-state index < -0.39 is 0 Å². The van der Waals surface area contributed by atoms with Crippen LogP contribution >= 0.6 is 0 Å². The number of fused-ring (bicyclic) bond motifs is 1. The van der Waals surface area contributed by atoms with Gasteiger partial charge in [0.25, 0.3) is 0 Å². The molecule has 0 saturated heterocycles.